The number of benzene rings is 1. The van der Waals surface area contributed by atoms with E-state index in [9.17, 15) is 8.42 Å². The third-order valence-electron chi connectivity index (χ3n) is 1.73. The Morgan fingerprint density at radius 1 is 1.21 bits per heavy atom. The van der Waals surface area contributed by atoms with Crippen LogP contribution >= 0.6 is 45.2 Å². The highest BCUT2D eigenvalue weighted by molar-refractivity contribution is 14.2. The fourth-order valence-electron chi connectivity index (χ4n) is 1.01. The van der Waals surface area contributed by atoms with Gasteiger partial charge in [0.25, 0.3) is 0 Å². The van der Waals surface area contributed by atoms with E-state index in [4.69, 9.17) is 0 Å². The Balaban J connectivity index is 2.99. The first-order chi connectivity index (χ1) is 6.42. The van der Waals surface area contributed by atoms with Gasteiger partial charge >= 0.3 is 0 Å². The molecule has 0 saturated heterocycles. The van der Waals surface area contributed by atoms with Crippen molar-refractivity contribution in [3.63, 3.8) is 0 Å². The zero-order valence-electron chi connectivity index (χ0n) is 7.57. The molecule has 1 rings (SSSR count). The molecule has 0 aliphatic carbocycles. The Hall–Kier alpha value is 0.630. The van der Waals surface area contributed by atoms with Crippen molar-refractivity contribution in [2.75, 3.05) is 5.75 Å². The number of aryl methyl sites for hydroxylation is 1. The molecule has 2 nitrogen and oxygen atoms in total. The van der Waals surface area contributed by atoms with Gasteiger partial charge in [-0.15, -0.1) is 0 Å². The molecule has 0 unspecified atom stereocenters. The molecule has 0 fully saturated rings. The van der Waals surface area contributed by atoms with Gasteiger partial charge in [0.2, 0.25) is 0 Å². The molecule has 14 heavy (non-hydrogen) atoms. The molecule has 0 spiro atoms. The molecule has 0 radical (unpaired) electrons. The Kier molecular flexibility index (Phi) is 4.63. The van der Waals surface area contributed by atoms with Crippen molar-refractivity contribution in [3.05, 3.63) is 29.8 Å². The topological polar surface area (TPSA) is 34.1 Å². The lowest BCUT2D eigenvalue weighted by molar-refractivity contribution is 0.597. The summed E-state index contributed by atoms with van der Waals surface area (Å²) in [5.41, 5.74) is 1.07. The number of hydrogen-bond acceptors (Lipinski definition) is 2. The standard InChI is InChI=1S/C9H10I2O2S/c1-7-2-4-8(5-3-7)14(12,13)6-9(10)11/h2-5,9H,6H2,1H3. The average molecular weight is 436 g/mol. The van der Waals surface area contributed by atoms with Crippen LogP contribution in [0.25, 0.3) is 0 Å². The second-order valence-electron chi connectivity index (χ2n) is 2.99. The zero-order valence-corrected chi connectivity index (χ0v) is 12.7. The molecule has 5 heteroatoms. The predicted octanol–water partition coefficient (Wildman–Crippen LogP) is 2.96. The first kappa shape index (κ1) is 12.7. The van der Waals surface area contributed by atoms with E-state index in [-0.39, 0.29) is 7.68 Å². The van der Waals surface area contributed by atoms with E-state index in [1.807, 2.05) is 19.1 Å². The molecule has 78 valence electrons. The van der Waals surface area contributed by atoms with Gasteiger partial charge in [-0.2, -0.15) is 0 Å². The number of rotatable bonds is 3. The van der Waals surface area contributed by atoms with Crippen LogP contribution in [0.3, 0.4) is 0 Å². The second kappa shape index (κ2) is 5.11. The van der Waals surface area contributed by atoms with Crippen LogP contribution in [0.15, 0.2) is 29.2 Å². The van der Waals surface area contributed by atoms with E-state index in [0.717, 1.165) is 5.56 Å². The van der Waals surface area contributed by atoms with Crippen molar-refractivity contribution >= 4 is 55.0 Å². The van der Waals surface area contributed by atoms with E-state index in [0.29, 0.717) is 4.90 Å². The predicted molar refractivity (Wildman–Crippen MR) is 75.1 cm³/mol. The molecule has 0 N–H and O–H groups in total. The molecule has 0 amide bonds. The van der Waals surface area contributed by atoms with E-state index < -0.39 is 9.84 Å². The van der Waals surface area contributed by atoms with Crippen LogP contribution in [-0.4, -0.2) is 16.1 Å². The van der Waals surface area contributed by atoms with E-state index >= 15 is 0 Å². The summed E-state index contributed by atoms with van der Waals surface area (Å²) in [6.07, 6.45) is 0. The summed E-state index contributed by atoms with van der Waals surface area (Å²) < 4.78 is 23.6. The molecule has 0 saturated carbocycles. The summed E-state index contributed by atoms with van der Waals surface area (Å²) in [5, 5.41) is 0. The minimum absolute atomic E-state index is 0.108. The van der Waals surface area contributed by atoms with Crippen LogP contribution < -0.4 is 0 Å². The lowest BCUT2D eigenvalue weighted by Crippen LogP contribution is -2.11. The summed E-state index contributed by atoms with van der Waals surface area (Å²) >= 11 is 4.22. The summed E-state index contributed by atoms with van der Waals surface area (Å²) in [6.45, 7) is 1.94. The van der Waals surface area contributed by atoms with Gasteiger partial charge in [-0.05, 0) is 19.1 Å². The van der Waals surface area contributed by atoms with Gasteiger partial charge in [0.05, 0.1) is 12.6 Å². The van der Waals surface area contributed by atoms with E-state index in [2.05, 4.69) is 45.2 Å². The first-order valence-electron chi connectivity index (χ1n) is 3.99. The number of halogens is 2. The van der Waals surface area contributed by atoms with Crippen LogP contribution in [0.5, 0.6) is 0 Å². The molecular formula is C9H10I2O2S. The van der Waals surface area contributed by atoms with E-state index in [1.54, 1.807) is 12.1 Å². The van der Waals surface area contributed by atoms with Gasteiger partial charge in [0.15, 0.2) is 9.84 Å². The van der Waals surface area contributed by atoms with Gasteiger partial charge in [-0.3, -0.25) is 0 Å². The molecule has 0 aliphatic heterocycles. The van der Waals surface area contributed by atoms with Gasteiger partial charge < -0.3 is 0 Å². The van der Waals surface area contributed by atoms with Gasteiger partial charge in [-0.25, -0.2) is 8.42 Å². The van der Waals surface area contributed by atoms with Crippen molar-refractivity contribution in [1.29, 1.82) is 0 Å². The highest BCUT2D eigenvalue weighted by Crippen LogP contribution is 2.19. The van der Waals surface area contributed by atoms with Crippen LogP contribution in [0, 0.1) is 6.92 Å². The fourth-order valence-corrected chi connectivity index (χ4v) is 4.92. The molecule has 0 bridgehead atoms. The molecule has 1 aromatic rings. The van der Waals surface area contributed by atoms with Gasteiger partial charge in [0, 0.05) is 0 Å². The molecule has 0 aliphatic rings. The maximum Gasteiger partial charge on any atom is 0.180 e. The molecule has 0 atom stereocenters. The van der Waals surface area contributed by atoms with Crippen LogP contribution in [0.2, 0.25) is 0 Å². The summed E-state index contributed by atoms with van der Waals surface area (Å²) in [6, 6.07) is 6.98. The second-order valence-corrected chi connectivity index (χ2v) is 10.4. The lowest BCUT2D eigenvalue weighted by atomic mass is 10.2. The zero-order chi connectivity index (χ0) is 10.8. The highest BCUT2D eigenvalue weighted by Gasteiger charge is 2.17. The summed E-state index contributed by atoms with van der Waals surface area (Å²) in [5.74, 6) is 0.192. The fraction of sp³-hybridized carbons (Fsp3) is 0.333. The van der Waals surface area contributed by atoms with Crippen LogP contribution in [-0.2, 0) is 9.84 Å². The normalized spacial score (nSPS) is 12.0. The minimum Gasteiger partial charge on any atom is -0.224 e. The number of hydrogen-bond donors (Lipinski definition) is 0. The third kappa shape index (κ3) is 3.65. The quantitative estimate of drug-likeness (QED) is 0.540. The Labute approximate surface area is 112 Å². The Morgan fingerprint density at radius 2 is 1.71 bits per heavy atom. The SMILES string of the molecule is Cc1ccc(S(=O)(=O)CC(I)I)cc1. The van der Waals surface area contributed by atoms with Gasteiger partial charge in [0.1, 0.15) is 0 Å². The highest BCUT2D eigenvalue weighted by atomic mass is 127. The maximum absolute atomic E-state index is 11.7. The monoisotopic (exact) mass is 436 g/mol. The maximum atomic E-state index is 11.7. The largest absolute Gasteiger partial charge is 0.224 e. The average Bonchev–Trinajstić information content (AvgIpc) is 2.02. The van der Waals surface area contributed by atoms with Crippen molar-refractivity contribution in [2.24, 2.45) is 0 Å². The van der Waals surface area contributed by atoms with E-state index in [1.165, 1.54) is 0 Å². The van der Waals surface area contributed by atoms with Crippen LogP contribution in [0.4, 0.5) is 0 Å². The number of sulfone groups is 1. The van der Waals surface area contributed by atoms with Crippen molar-refractivity contribution in [1.82, 2.24) is 0 Å². The van der Waals surface area contributed by atoms with Crippen molar-refractivity contribution in [2.45, 2.75) is 13.8 Å². The molecule has 0 aromatic heterocycles. The minimum atomic E-state index is -3.09. The summed E-state index contributed by atoms with van der Waals surface area (Å²) in [7, 11) is -3.09. The smallest absolute Gasteiger partial charge is 0.180 e. The molecule has 1 aromatic carbocycles. The number of alkyl halides is 2. The van der Waals surface area contributed by atoms with Gasteiger partial charge in [-0.1, -0.05) is 62.9 Å². The first-order valence-corrected chi connectivity index (χ1v) is 8.14. The van der Waals surface area contributed by atoms with Crippen LogP contribution in [0.1, 0.15) is 5.56 Å². The van der Waals surface area contributed by atoms with Crippen molar-refractivity contribution < 1.29 is 8.42 Å². The lowest BCUT2D eigenvalue weighted by Gasteiger charge is -2.05. The molecular weight excluding hydrogens is 426 g/mol. The van der Waals surface area contributed by atoms with Crippen molar-refractivity contribution in [3.8, 4) is 0 Å². The Bertz CT molecular complexity index is 395. The summed E-state index contributed by atoms with van der Waals surface area (Å²) in [4.78, 5) is 0.418. The Morgan fingerprint density at radius 3 is 2.14 bits per heavy atom. The molecule has 0 heterocycles. The third-order valence-corrected chi connectivity index (χ3v) is 5.56.